The third-order valence-corrected chi connectivity index (χ3v) is 4.82. The third kappa shape index (κ3) is 9.31. The lowest BCUT2D eigenvalue weighted by molar-refractivity contribution is -0.173. The molecule has 32 heavy (non-hydrogen) atoms. The molecular formula is C20H30O12. The summed E-state index contributed by atoms with van der Waals surface area (Å²) in [5.41, 5.74) is -3.66. The van der Waals surface area contributed by atoms with Gasteiger partial charge in [-0.3, -0.25) is 28.8 Å². The van der Waals surface area contributed by atoms with Crippen molar-refractivity contribution in [2.45, 2.75) is 34.1 Å². The number of rotatable bonds is 19. The summed E-state index contributed by atoms with van der Waals surface area (Å²) in [6.07, 6.45) is 0.437. The molecule has 0 atom stereocenters. The first kappa shape index (κ1) is 28.8. The number of esters is 2. The molecule has 0 fully saturated rings. The largest absolute Gasteiger partial charge is 0.467 e. The average Bonchev–Trinajstić information content (AvgIpc) is 2.80. The highest BCUT2D eigenvalue weighted by Gasteiger charge is 2.41. The van der Waals surface area contributed by atoms with Gasteiger partial charge in [0.05, 0.1) is 13.2 Å². The van der Waals surface area contributed by atoms with E-state index in [1.165, 1.54) is 13.8 Å². The van der Waals surface area contributed by atoms with Crippen molar-refractivity contribution in [2.75, 3.05) is 39.6 Å². The number of hydrogen-bond donors (Lipinski definition) is 0. The molecule has 0 heterocycles. The van der Waals surface area contributed by atoms with E-state index in [0.29, 0.717) is 6.42 Å². The van der Waals surface area contributed by atoms with Crippen molar-refractivity contribution in [3.8, 4) is 0 Å². The summed E-state index contributed by atoms with van der Waals surface area (Å²) in [6.45, 7) is 5.10. The fraction of sp³-hybridized carbons (Fsp3) is 0.700. The number of carbonyl (C=O) groups is 6. The van der Waals surface area contributed by atoms with E-state index in [1.807, 2.05) is 0 Å². The summed E-state index contributed by atoms with van der Waals surface area (Å²) in [4.78, 5) is 67.0. The molecule has 0 N–H and O–H groups in total. The van der Waals surface area contributed by atoms with E-state index in [1.54, 1.807) is 13.8 Å². The van der Waals surface area contributed by atoms with Crippen molar-refractivity contribution in [2.24, 2.45) is 16.2 Å². The van der Waals surface area contributed by atoms with Gasteiger partial charge in [-0.25, -0.2) is 0 Å². The Bertz CT molecular complexity index is 570. The van der Waals surface area contributed by atoms with Crippen molar-refractivity contribution < 1.29 is 57.2 Å². The second-order valence-corrected chi connectivity index (χ2v) is 8.07. The first-order valence-electron chi connectivity index (χ1n) is 9.62. The molecule has 0 rings (SSSR count). The highest BCUT2D eigenvalue weighted by Crippen LogP contribution is 2.27. The maximum atomic E-state index is 12.6. The van der Waals surface area contributed by atoms with Crippen LogP contribution < -0.4 is 0 Å². The Hall–Kier alpha value is -3.18. The Labute approximate surface area is 185 Å². The second-order valence-electron chi connectivity index (χ2n) is 8.07. The van der Waals surface area contributed by atoms with Crippen LogP contribution in [-0.4, -0.2) is 77.5 Å². The quantitative estimate of drug-likeness (QED) is 0.146. The summed E-state index contributed by atoms with van der Waals surface area (Å²) in [7, 11) is 0. The van der Waals surface area contributed by atoms with Crippen LogP contribution in [0, 0.1) is 16.2 Å². The fourth-order valence-corrected chi connectivity index (χ4v) is 2.26. The van der Waals surface area contributed by atoms with Gasteiger partial charge in [-0.2, -0.15) is 0 Å². The number of ether oxygens (including phenoxy) is 6. The van der Waals surface area contributed by atoms with Crippen molar-refractivity contribution >= 4 is 37.8 Å². The van der Waals surface area contributed by atoms with Gasteiger partial charge < -0.3 is 28.4 Å². The minimum atomic E-state index is -1.43. The number of carbonyl (C=O) groups excluding carboxylic acids is 6. The van der Waals surface area contributed by atoms with E-state index in [4.69, 9.17) is 9.47 Å². The molecular weight excluding hydrogens is 432 g/mol. The van der Waals surface area contributed by atoms with Crippen LogP contribution in [0.15, 0.2) is 0 Å². The topological polar surface area (TPSA) is 158 Å². The molecule has 0 spiro atoms. The van der Waals surface area contributed by atoms with Gasteiger partial charge in [0.25, 0.3) is 25.9 Å². The van der Waals surface area contributed by atoms with Crippen molar-refractivity contribution in [3.05, 3.63) is 0 Å². The van der Waals surface area contributed by atoms with Gasteiger partial charge in [-0.1, -0.05) is 13.8 Å². The lowest BCUT2D eigenvalue weighted by atomic mass is 9.88. The molecule has 0 aliphatic rings. The van der Waals surface area contributed by atoms with E-state index < -0.39 is 28.2 Å². The summed E-state index contributed by atoms with van der Waals surface area (Å²) >= 11 is 0. The van der Waals surface area contributed by atoms with Gasteiger partial charge in [-0.05, 0) is 20.3 Å². The van der Waals surface area contributed by atoms with Gasteiger partial charge >= 0.3 is 11.9 Å². The van der Waals surface area contributed by atoms with E-state index in [9.17, 15) is 28.8 Å². The molecule has 12 nitrogen and oxygen atoms in total. The van der Waals surface area contributed by atoms with Crippen LogP contribution in [0.1, 0.15) is 34.1 Å². The van der Waals surface area contributed by atoms with Crippen molar-refractivity contribution in [3.63, 3.8) is 0 Å². The molecule has 0 aliphatic heterocycles. The first-order valence-corrected chi connectivity index (χ1v) is 9.62. The Kier molecular flexibility index (Phi) is 12.6. The molecule has 0 aliphatic carbocycles. The smallest absolute Gasteiger partial charge is 0.318 e. The molecule has 0 aromatic carbocycles. The minimum Gasteiger partial charge on any atom is -0.467 e. The fourth-order valence-electron chi connectivity index (χ4n) is 2.26. The van der Waals surface area contributed by atoms with Gasteiger partial charge in [0.1, 0.15) is 37.3 Å². The monoisotopic (exact) mass is 462 g/mol. The molecule has 0 amide bonds. The number of hydrogen-bond acceptors (Lipinski definition) is 12. The zero-order valence-corrected chi connectivity index (χ0v) is 18.7. The van der Waals surface area contributed by atoms with E-state index >= 15 is 0 Å². The van der Waals surface area contributed by atoms with Gasteiger partial charge in [-0.15, -0.1) is 0 Å². The minimum absolute atomic E-state index is 0.154. The maximum Gasteiger partial charge on any atom is 0.318 e. The first-order chi connectivity index (χ1) is 15.1. The zero-order chi connectivity index (χ0) is 24.7. The molecule has 0 saturated heterocycles. The van der Waals surface area contributed by atoms with Crippen LogP contribution in [0.25, 0.3) is 0 Å². The summed E-state index contributed by atoms with van der Waals surface area (Å²) in [5.74, 6) is -1.56. The third-order valence-electron chi connectivity index (χ3n) is 4.82. The van der Waals surface area contributed by atoms with Crippen LogP contribution >= 0.6 is 0 Å². The Balaban J connectivity index is 5.14. The van der Waals surface area contributed by atoms with E-state index in [2.05, 4.69) is 18.9 Å². The predicted molar refractivity (Wildman–Crippen MR) is 105 cm³/mol. The zero-order valence-electron chi connectivity index (χ0n) is 18.7. The summed E-state index contributed by atoms with van der Waals surface area (Å²) in [5, 5.41) is 0. The Morgan fingerprint density at radius 1 is 0.594 bits per heavy atom. The lowest BCUT2D eigenvalue weighted by Gasteiger charge is -2.32. The predicted octanol–water partition coefficient (Wildman–Crippen LogP) is 0.194. The highest BCUT2D eigenvalue weighted by molar-refractivity contribution is 5.78. The maximum absolute atomic E-state index is 12.6. The molecule has 0 unspecified atom stereocenters. The van der Waals surface area contributed by atoms with Crippen LogP contribution in [0.3, 0.4) is 0 Å². The second kappa shape index (κ2) is 14.0. The van der Waals surface area contributed by atoms with Crippen LogP contribution in [0.2, 0.25) is 0 Å². The summed E-state index contributed by atoms with van der Waals surface area (Å²) < 4.78 is 29.2. The highest BCUT2D eigenvalue weighted by atomic mass is 16.6. The molecule has 0 bridgehead atoms. The average molecular weight is 462 g/mol. The van der Waals surface area contributed by atoms with Crippen molar-refractivity contribution in [1.82, 2.24) is 0 Å². The lowest BCUT2D eigenvalue weighted by Crippen LogP contribution is -2.43. The van der Waals surface area contributed by atoms with E-state index in [-0.39, 0.29) is 65.5 Å². The molecule has 0 aromatic rings. The van der Waals surface area contributed by atoms with Crippen LogP contribution in [0.4, 0.5) is 0 Å². The SMILES string of the molecule is CCC(C)(COC(=O)C(C)(COC=O)COC=O)COC(=O)C(C)(COC=O)COC=O. The van der Waals surface area contributed by atoms with Gasteiger partial charge in [0.2, 0.25) is 0 Å². The van der Waals surface area contributed by atoms with Crippen molar-refractivity contribution in [1.29, 1.82) is 0 Å². The van der Waals surface area contributed by atoms with Gasteiger partial charge in [0, 0.05) is 5.41 Å². The van der Waals surface area contributed by atoms with Crippen LogP contribution in [-0.2, 0) is 57.2 Å². The summed E-state index contributed by atoms with van der Waals surface area (Å²) in [6, 6.07) is 0. The molecule has 0 saturated carbocycles. The van der Waals surface area contributed by atoms with Gasteiger partial charge in [0.15, 0.2) is 0 Å². The Morgan fingerprint density at radius 3 is 1.09 bits per heavy atom. The van der Waals surface area contributed by atoms with Crippen LogP contribution in [0.5, 0.6) is 0 Å². The molecule has 0 aromatic heterocycles. The standard InChI is InChI=1S/C20H30O12/c1-5-18(2,6-31-16(25)19(3,8-27-12-21)9-28-13-22)7-32-17(26)20(4,10-29-14-23)11-30-15-24/h12-15H,5-11H2,1-4H3. The Morgan fingerprint density at radius 2 is 0.875 bits per heavy atom. The molecule has 0 radical (unpaired) electrons. The molecule has 12 heteroatoms. The van der Waals surface area contributed by atoms with E-state index in [0.717, 1.165) is 0 Å². The normalized spacial score (nSPS) is 11.5. The molecule has 182 valence electrons.